The van der Waals surface area contributed by atoms with Gasteiger partial charge in [-0.15, -0.1) is 0 Å². The van der Waals surface area contributed by atoms with Gasteiger partial charge in [0, 0.05) is 35.5 Å². The molecule has 0 aliphatic carbocycles. The summed E-state index contributed by atoms with van der Waals surface area (Å²) in [6.45, 7) is 5.86. The number of pyridine rings is 1. The Kier molecular flexibility index (Phi) is 3.26. The highest BCUT2D eigenvalue weighted by Gasteiger charge is 2.25. The monoisotopic (exact) mass is 271 g/mol. The third-order valence-electron chi connectivity index (χ3n) is 4.14. The van der Waals surface area contributed by atoms with E-state index in [-0.39, 0.29) is 12.0 Å². The zero-order valence-electron chi connectivity index (χ0n) is 12.0. The van der Waals surface area contributed by atoms with E-state index in [4.69, 9.17) is 5.73 Å². The molecule has 0 bridgehead atoms. The van der Waals surface area contributed by atoms with Crippen molar-refractivity contribution in [3.8, 4) is 0 Å². The van der Waals surface area contributed by atoms with Crippen molar-refractivity contribution < 1.29 is 5.11 Å². The Balaban J connectivity index is 2.08. The molecule has 1 fully saturated rings. The van der Waals surface area contributed by atoms with Crippen molar-refractivity contribution in [1.82, 2.24) is 4.98 Å². The van der Waals surface area contributed by atoms with Gasteiger partial charge < -0.3 is 15.7 Å². The molecular weight excluding hydrogens is 250 g/mol. The van der Waals surface area contributed by atoms with E-state index in [0.29, 0.717) is 0 Å². The Morgan fingerprint density at radius 1 is 1.35 bits per heavy atom. The Labute approximate surface area is 119 Å². The van der Waals surface area contributed by atoms with Crippen molar-refractivity contribution in [2.75, 3.05) is 23.7 Å². The first kappa shape index (κ1) is 13.2. The van der Waals surface area contributed by atoms with Gasteiger partial charge in [0.2, 0.25) is 0 Å². The number of aliphatic hydroxyl groups is 1. The molecular formula is C16H21N3O. The molecule has 3 rings (SSSR count). The largest absolute Gasteiger partial charge is 0.399 e. The summed E-state index contributed by atoms with van der Waals surface area (Å²) < 4.78 is 0. The van der Waals surface area contributed by atoms with Crippen molar-refractivity contribution in [1.29, 1.82) is 0 Å². The Morgan fingerprint density at radius 2 is 2.15 bits per heavy atom. The van der Waals surface area contributed by atoms with Crippen LogP contribution in [0.1, 0.15) is 19.0 Å². The first-order valence-electron chi connectivity index (χ1n) is 7.14. The van der Waals surface area contributed by atoms with Gasteiger partial charge in [-0.2, -0.15) is 0 Å². The number of benzene rings is 1. The smallest absolute Gasteiger partial charge is 0.0727 e. The molecule has 0 spiro atoms. The maximum absolute atomic E-state index is 9.90. The molecule has 0 amide bonds. The van der Waals surface area contributed by atoms with Gasteiger partial charge in [-0.3, -0.25) is 4.98 Å². The van der Waals surface area contributed by atoms with Crippen LogP contribution in [0, 0.1) is 12.8 Å². The number of nitrogen functional groups attached to an aromatic ring is 1. The molecule has 2 aromatic rings. The molecule has 1 aliphatic heterocycles. The van der Waals surface area contributed by atoms with Gasteiger partial charge in [0.1, 0.15) is 0 Å². The molecule has 4 nitrogen and oxygen atoms in total. The Bertz CT molecular complexity index is 641. The lowest BCUT2D eigenvalue weighted by Gasteiger charge is -2.36. The van der Waals surface area contributed by atoms with Crippen molar-refractivity contribution in [2.24, 2.45) is 5.92 Å². The number of aromatic nitrogens is 1. The van der Waals surface area contributed by atoms with Crippen LogP contribution in [0.25, 0.3) is 10.9 Å². The lowest BCUT2D eigenvalue weighted by Crippen LogP contribution is -2.42. The van der Waals surface area contributed by atoms with E-state index in [0.717, 1.165) is 41.8 Å². The summed E-state index contributed by atoms with van der Waals surface area (Å²) in [6.07, 6.45) is 0.623. The van der Waals surface area contributed by atoms with E-state index in [1.807, 2.05) is 25.1 Å². The maximum Gasteiger partial charge on any atom is 0.0727 e. The third kappa shape index (κ3) is 2.31. The number of anilines is 2. The summed E-state index contributed by atoms with van der Waals surface area (Å²) in [5.41, 5.74) is 9.85. The van der Waals surface area contributed by atoms with E-state index in [9.17, 15) is 5.11 Å². The van der Waals surface area contributed by atoms with Crippen LogP contribution in [0.3, 0.4) is 0 Å². The second kappa shape index (κ2) is 4.94. The zero-order valence-corrected chi connectivity index (χ0v) is 12.0. The van der Waals surface area contributed by atoms with Gasteiger partial charge in [-0.1, -0.05) is 6.92 Å². The second-order valence-corrected chi connectivity index (χ2v) is 5.84. The zero-order chi connectivity index (χ0) is 14.3. The van der Waals surface area contributed by atoms with E-state index >= 15 is 0 Å². The average Bonchev–Trinajstić information content (AvgIpc) is 2.41. The van der Waals surface area contributed by atoms with Crippen LogP contribution < -0.4 is 10.6 Å². The number of aryl methyl sites for hydroxylation is 1. The predicted molar refractivity (Wildman–Crippen MR) is 82.9 cm³/mol. The summed E-state index contributed by atoms with van der Waals surface area (Å²) in [7, 11) is 0. The number of hydrogen-bond acceptors (Lipinski definition) is 4. The van der Waals surface area contributed by atoms with E-state index < -0.39 is 0 Å². The van der Waals surface area contributed by atoms with Crippen LogP contribution in [0.4, 0.5) is 11.4 Å². The lowest BCUT2D eigenvalue weighted by molar-refractivity contribution is 0.0971. The highest BCUT2D eigenvalue weighted by Crippen LogP contribution is 2.31. The molecule has 4 heteroatoms. The molecule has 20 heavy (non-hydrogen) atoms. The first-order chi connectivity index (χ1) is 9.54. The minimum Gasteiger partial charge on any atom is -0.399 e. The number of rotatable bonds is 1. The van der Waals surface area contributed by atoms with Crippen LogP contribution in [0.15, 0.2) is 24.3 Å². The van der Waals surface area contributed by atoms with Gasteiger partial charge in [0.15, 0.2) is 0 Å². The molecule has 0 saturated carbocycles. The van der Waals surface area contributed by atoms with Crippen LogP contribution >= 0.6 is 0 Å². The fourth-order valence-corrected chi connectivity index (χ4v) is 2.97. The molecule has 2 atom stereocenters. The number of nitrogens with two attached hydrogens (primary N) is 1. The SMILES string of the molecule is Cc1cc(N2CCC(O)C(C)C2)c2cc(N)ccc2n1. The molecule has 2 unspecified atom stereocenters. The van der Waals surface area contributed by atoms with Gasteiger partial charge in [-0.05, 0) is 43.5 Å². The second-order valence-electron chi connectivity index (χ2n) is 5.84. The molecule has 0 radical (unpaired) electrons. The standard InChI is InChI=1S/C16H21N3O/c1-10-9-19(6-5-16(10)20)15-7-11(2)18-14-4-3-12(17)8-13(14)15/h3-4,7-8,10,16,20H,5-6,9,17H2,1-2H3. The summed E-state index contributed by atoms with van der Waals surface area (Å²) in [6, 6.07) is 7.98. The Hall–Kier alpha value is -1.81. The van der Waals surface area contributed by atoms with Gasteiger partial charge in [0.25, 0.3) is 0 Å². The fourth-order valence-electron chi connectivity index (χ4n) is 2.97. The average molecular weight is 271 g/mol. The van der Waals surface area contributed by atoms with Gasteiger partial charge in [0.05, 0.1) is 11.6 Å². The normalized spacial score (nSPS) is 23.2. The maximum atomic E-state index is 9.90. The van der Waals surface area contributed by atoms with E-state index in [2.05, 4.69) is 22.9 Å². The number of aliphatic hydroxyl groups excluding tert-OH is 1. The summed E-state index contributed by atoms with van der Waals surface area (Å²) in [5, 5.41) is 11.0. The van der Waals surface area contributed by atoms with Crippen molar-refractivity contribution in [3.05, 3.63) is 30.0 Å². The molecule has 1 aliphatic rings. The van der Waals surface area contributed by atoms with E-state index in [1.165, 1.54) is 5.69 Å². The minimum absolute atomic E-state index is 0.189. The minimum atomic E-state index is -0.189. The number of fused-ring (bicyclic) bond motifs is 1. The van der Waals surface area contributed by atoms with Gasteiger partial charge >= 0.3 is 0 Å². The van der Waals surface area contributed by atoms with Crippen LogP contribution in [-0.4, -0.2) is 29.3 Å². The highest BCUT2D eigenvalue weighted by molar-refractivity contribution is 5.94. The molecule has 3 N–H and O–H groups in total. The number of nitrogens with zero attached hydrogens (tertiary/aromatic N) is 2. The van der Waals surface area contributed by atoms with E-state index in [1.54, 1.807) is 0 Å². The fraction of sp³-hybridized carbons (Fsp3) is 0.438. The third-order valence-corrected chi connectivity index (χ3v) is 4.14. The van der Waals surface area contributed by atoms with Gasteiger partial charge in [-0.25, -0.2) is 0 Å². The number of hydrogen-bond donors (Lipinski definition) is 2. The summed E-state index contributed by atoms with van der Waals surface area (Å²) >= 11 is 0. The van der Waals surface area contributed by atoms with Crippen molar-refractivity contribution >= 4 is 22.3 Å². The quantitative estimate of drug-likeness (QED) is 0.781. The van der Waals surface area contributed by atoms with Crippen LogP contribution in [0.2, 0.25) is 0 Å². The van der Waals surface area contributed by atoms with Crippen molar-refractivity contribution in [2.45, 2.75) is 26.4 Å². The molecule has 1 aromatic heterocycles. The Morgan fingerprint density at radius 3 is 2.90 bits per heavy atom. The topological polar surface area (TPSA) is 62.4 Å². The van der Waals surface area contributed by atoms with Crippen molar-refractivity contribution in [3.63, 3.8) is 0 Å². The highest BCUT2D eigenvalue weighted by atomic mass is 16.3. The molecule has 1 aromatic carbocycles. The molecule has 106 valence electrons. The lowest BCUT2D eigenvalue weighted by atomic mass is 9.95. The summed E-state index contributed by atoms with van der Waals surface area (Å²) in [4.78, 5) is 6.92. The summed E-state index contributed by atoms with van der Waals surface area (Å²) in [5.74, 6) is 0.285. The predicted octanol–water partition coefficient (Wildman–Crippen LogP) is 2.33. The van der Waals surface area contributed by atoms with Crippen LogP contribution in [0.5, 0.6) is 0 Å². The molecule has 1 saturated heterocycles. The molecule has 2 heterocycles. The first-order valence-corrected chi connectivity index (χ1v) is 7.14. The number of piperidine rings is 1. The van der Waals surface area contributed by atoms with Crippen LogP contribution in [-0.2, 0) is 0 Å².